The van der Waals surface area contributed by atoms with Gasteiger partial charge in [0, 0.05) is 18.7 Å². The van der Waals surface area contributed by atoms with Crippen molar-refractivity contribution in [1.82, 2.24) is 15.1 Å². The van der Waals surface area contributed by atoms with Crippen LogP contribution in [0.3, 0.4) is 0 Å². The van der Waals surface area contributed by atoms with E-state index in [1.807, 2.05) is 18.7 Å². The van der Waals surface area contributed by atoms with E-state index in [0.717, 1.165) is 19.4 Å². The third-order valence-corrected chi connectivity index (χ3v) is 4.16. The van der Waals surface area contributed by atoms with Crippen molar-refractivity contribution >= 4 is 23.3 Å². The van der Waals surface area contributed by atoms with Crippen molar-refractivity contribution in [2.45, 2.75) is 38.6 Å². The van der Waals surface area contributed by atoms with Crippen molar-refractivity contribution in [2.24, 2.45) is 5.73 Å². The molecule has 1 amide bonds. The van der Waals surface area contributed by atoms with Gasteiger partial charge in [-0.2, -0.15) is 4.98 Å². The molecule has 0 unspecified atom stereocenters. The zero-order valence-electron chi connectivity index (χ0n) is 13.0. The smallest absolute Gasteiger partial charge is 0.250 e. The van der Waals surface area contributed by atoms with Gasteiger partial charge in [0.05, 0.1) is 16.6 Å². The summed E-state index contributed by atoms with van der Waals surface area (Å²) in [5.41, 5.74) is 5.54. The number of hydrogen-bond acceptors (Lipinski definition) is 6. The standard InChI is InChI=1S/C15H18ClN5O2/c1-8(2)15-19-13(20-23-15)11-4-3-5-21(11)14-10(16)6-9(7-18-14)12(17)22/h6-8,11H,3-5H2,1-2H3,(H2,17,22)/t11-/m1/s1. The molecule has 1 saturated heterocycles. The van der Waals surface area contributed by atoms with Crippen LogP contribution in [-0.2, 0) is 0 Å². The number of pyridine rings is 1. The van der Waals surface area contributed by atoms with Crippen LogP contribution in [0.5, 0.6) is 0 Å². The molecule has 2 aromatic rings. The van der Waals surface area contributed by atoms with Crippen LogP contribution >= 0.6 is 11.6 Å². The Morgan fingerprint density at radius 3 is 2.91 bits per heavy atom. The first-order valence-corrected chi connectivity index (χ1v) is 7.90. The quantitative estimate of drug-likeness (QED) is 0.922. The van der Waals surface area contributed by atoms with Crippen LogP contribution in [-0.4, -0.2) is 27.6 Å². The number of aromatic nitrogens is 3. The molecule has 0 bridgehead atoms. The number of carbonyl (C=O) groups excluding carboxylic acids is 1. The van der Waals surface area contributed by atoms with E-state index in [1.54, 1.807) is 0 Å². The second-order valence-electron chi connectivity index (χ2n) is 5.89. The number of anilines is 1. The second kappa shape index (κ2) is 6.16. The Morgan fingerprint density at radius 1 is 1.52 bits per heavy atom. The predicted octanol–water partition coefficient (Wildman–Crippen LogP) is 2.68. The summed E-state index contributed by atoms with van der Waals surface area (Å²) < 4.78 is 5.30. The molecule has 0 radical (unpaired) electrons. The summed E-state index contributed by atoms with van der Waals surface area (Å²) in [6, 6.07) is 1.51. The molecule has 23 heavy (non-hydrogen) atoms. The number of hydrogen-bond donors (Lipinski definition) is 1. The highest BCUT2D eigenvalue weighted by atomic mass is 35.5. The Morgan fingerprint density at radius 2 is 2.30 bits per heavy atom. The highest BCUT2D eigenvalue weighted by Crippen LogP contribution is 2.37. The van der Waals surface area contributed by atoms with Gasteiger partial charge in [-0.15, -0.1) is 0 Å². The van der Waals surface area contributed by atoms with Crippen LogP contribution in [0, 0.1) is 0 Å². The highest BCUT2D eigenvalue weighted by Gasteiger charge is 2.32. The first-order valence-electron chi connectivity index (χ1n) is 7.53. The molecule has 2 aromatic heterocycles. The number of rotatable bonds is 4. The molecule has 1 aliphatic rings. The largest absolute Gasteiger partial charge is 0.366 e. The Hall–Kier alpha value is -2.15. The number of carbonyl (C=O) groups is 1. The number of amides is 1. The van der Waals surface area contributed by atoms with Crippen molar-refractivity contribution in [3.05, 3.63) is 34.6 Å². The van der Waals surface area contributed by atoms with E-state index in [4.69, 9.17) is 21.9 Å². The number of primary amides is 1. The lowest BCUT2D eigenvalue weighted by Crippen LogP contribution is -2.25. The summed E-state index contributed by atoms with van der Waals surface area (Å²) in [5, 5.41) is 4.49. The van der Waals surface area contributed by atoms with Gasteiger partial charge in [-0.3, -0.25) is 4.79 Å². The van der Waals surface area contributed by atoms with E-state index in [1.165, 1.54) is 12.3 Å². The Labute approximate surface area is 138 Å². The van der Waals surface area contributed by atoms with Gasteiger partial charge in [-0.1, -0.05) is 30.6 Å². The molecule has 3 heterocycles. The maximum absolute atomic E-state index is 11.2. The minimum atomic E-state index is -0.552. The van der Waals surface area contributed by atoms with Crippen LogP contribution in [0.15, 0.2) is 16.8 Å². The van der Waals surface area contributed by atoms with Crippen molar-refractivity contribution in [3.63, 3.8) is 0 Å². The van der Waals surface area contributed by atoms with Crippen LogP contribution < -0.4 is 10.6 Å². The van der Waals surface area contributed by atoms with Gasteiger partial charge >= 0.3 is 0 Å². The molecule has 8 heteroatoms. The van der Waals surface area contributed by atoms with E-state index in [-0.39, 0.29) is 17.5 Å². The molecular formula is C15H18ClN5O2. The molecular weight excluding hydrogens is 318 g/mol. The molecule has 1 aliphatic heterocycles. The number of nitrogens with zero attached hydrogens (tertiary/aromatic N) is 4. The van der Waals surface area contributed by atoms with Gasteiger partial charge in [0.1, 0.15) is 5.82 Å². The van der Waals surface area contributed by atoms with Crippen LogP contribution in [0.1, 0.15) is 60.7 Å². The monoisotopic (exact) mass is 335 g/mol. The van der Waals surface area contributed by atoms with E-state index < -0.39 is 5.91 Å². The second-order valence-corrected chi connectivity index (χ2v) is 6.30. The maximum Gasteiger partial charge on any atom is 0.250 e. The van der Waals surface area contributed by atoms with Crippen LogP contribution in [0.25, 0.3) is 0 Å². The van der Waals surface area contributed by atoms with Gasteiger partial charge in [-0.05, 0) is 18.9 Å². The van der Waals surface area contributed by atoms with Crippen molar-refractivity contribution in [3.8, 4) is 0 Å². The van der Waals surface area contributed by atoms with Crippen molar-refractivity contribution in [1.29, 1.82) is 0 Å². The van der Waals surface area contributed by atoms with Crippen LogP contribution in [0.2, 0.25) is 5.02 Å². The number of nitrogens with two attached hydrogens (primary N) is 1. The summed E-state index contributed by atoms with van der Waals surface area (Å²) in [7, 11) is 0. The average molecular weight is 336 g/mol. The SMILES string of the molecule is CC(C)c1nc([C@H]2CCCN2c2ncc(C(N)=O)cc2Cl)no1. The predicted molar refractivity (Wildman–Crippen MR) is 85.5 cm³/mol. The first-order chi connectivity index (χ1) is 11.0. The first kappa shape index (κ1) is 15.7. The summed E-state index contributed by atoms with van der Waals surface area (Å²) in [6.07, 6.45) is 3.31. The van der Waals surface area contributed by atoms with Gasteiger partial charge < -0.3 is 15.2 Å². The summed E-state index contributed by atoms with van der Waals surface area (Å²) in [5.74, 6) is 1.50. The number of halogens is 1. The lowest BCUT2D eigenvalue weighted by atomic mass is 10.2. The lowest BCUT2D eigenvalue weighted by Gasteiger charge is -2.24. The Bertz CT molecular complexity index is 730. The van der Waals surface area contributed by atoms with E-state index in [2.05, 4.69) is 15.1 Å². The molecule has 0 spiro atoms. The molecule has 1 fully saturated rings. The van der Waals surface area contributed by atoms with Gasteiger partial charge in [0.25, 0.3) is 0 Å². The van der Waals surface area contributed by atoms with Gasteiger partial charge in [0.15, 0.2) is 5.82 Å². The molecule has 122 valence electrons. The Kier molecular flexibility index (Phi) is 4.21. The van der Waals surface area contributed by atoms with Crippen LogP contribution in [0.4, 0.5) is 5.82 Å². The molecule has 3 rings (SSSR count). The van der Waals surface area contributed by atoms with Crippen molar-refractivity contribution in [2.75, 3.05) is 11.4 Å². The summed E-state index contributed by atoms with van der Waals surface area (Å²) >= 11 is 6.29. The fourth-order valence-electron chi connectivity index (χ4n) is 2.68. The Balaban J connectivity index is 1.90. The summed E-state index contributed by atoms with van der Waals surface area (Å²) in [6.45, 7) is 4.80. The average Bonchev–Trinajstić information content (AvgIpc) is 3.15. The molecule has 0 saturated carbocycles. The normalized spacial score (nSPS) is 17.9. The van der Waals surface area contributed by atoms with E-state index >= 15 is 0 Å². The third-order valence-electron chi connectivity index (χ3n) is 3.88. The summed E-state index contributed by atoms with van der Waals surface area (Å²) in [4.78, 5) is 22.0. The van der Waals surface area contributed by atoms with Gasteiger partial charge in [0.2, 0.25) is 11.8 Å². The minimum absolute atomic E-state index is 0.0318. The molecule has 2 N–H and O–H groups in total. The minimum Gasteiger partial charge on any atom is -0.366 e. The molecule has 0 aromatic carbocycles. The van der Waals surface area contributed by atoms with Crippen molar-refractivity contribution < 1.29 is 9.32 Å². The third kappa shape index (κ3) is 3.01. The maximum atomic E-state index is 11.2. The molecule has 7 nitrogen and oxygen atoms in total. The topological polar surface area (TPSA) is 98.1 Å². The molecule has 0 aliphatic carbocycles. The zero-order valence-corrected chi connectivity index (χ0v) is 13.7. The fraction of sp³-hybridized carbons (Fsp3) is 0.467. The van der Waals surface area contributed by atoms with Gasteiger partial charge in [-0.25, -0.2) is 4.98 Å². The van der Waals surface area contributed by atoms with E-state index in [0.29, 0.717) is 22.6 Å². The lowest BCUT2D eigenvalue weighted by molar-refractivity contribution is 0.1000. The van der Waals surface area contributed by atoms with E-state index in [9.17, 15) is 4.79 Å². The zero-order chi connectivity index (χ0) is 16.6. The fourth-order valence-corrected chi connectivity index (χ4v) is 2.96. The molecule has 1 atom stereocenters. The highest BCUT2D eigenvalue weighted by molar-refractivity contribution is 6.33.